The van der Waals surface area contributed by atoms with E-state index in [0.717, 1.165) is 38.1 Å². The molecule has 0 saturated carbocycles. The van der Waals surface area contributed by atoms with Gasteiger partial charge in [0.1, 0.15) is 5.82 Å². The van der Waals surface area contributed by atoms with Gasteiger partial charge in [0.2, 0.25) is 0 Å². The highest BCUT2D eigenvalue weighted by Crippen LogP contribution is 2.21. The molecular weight excluding hydrogens is 396 g/mol. The molecule has 0 unspecified atom stereocenters. The molecule has 0 aliphatic carbocycles. The van der Waals surface area contributed by atoms with E-state index in [4.69, 9.17) is 4.42 Å². The van der Waals surface area contributed by atoms with Gasteiger partial charge in [-0.1, -0.05) is 11.2 Å². The molecule has 156 valence electrons. The fraction of sp³-hybridized carbons (Fsp3) is 0.263. The van der Waals surface area contributed by atoms with Gasteiger partial charge >= 0.3 is 17.8 Å². The van der Waals surface area contributed by atoms with Gasteiger partial charge in [0.15, 0.2) is 11.6 Å². The van der Waals surface area contributed by atoms with Crippen LogP contribution in [0.4, 0.5) is 32.0 Å². The summed E-state index contributed by atoms with van der Waals surface area (Å²) < 4.78 is 32.1. The molecule has 1 saturated heterocycles. The van der Waals surface area contributed by atoms with Crippen LogP contribution in [0.1, 0.15) is 10.7 Å². The van der Waals surface area contributed by atoms with Crippen molar-refractivity contribution in [3.63, 3.8) is 0 Å². The van der Waals surface area contributed by atoms with Crippen LogP contribution in [0.3, 0.4) is 0 Å². The number of rotatable bonds is 5. The van der Waals surface area contributed by atoms with Crippen LogP contribution in [0.25, 0.3) is 0 Å². The Kier molecular flexibility index (Phi) is 5.53. The third-order valence-electron chi connectivity index (χ3n) is 4.65. The molecular formula is C19H19F2N7O2. The summed E-state index contributed by atoms with van der Waals surface area (Å²) >= 11 is 0. The van der Waals surface area contributed by atoms with Gasteiger partial charge in [-0.15, -0.1) is 5.10 Å². The molecule has 30 heavy (non-hydrogen) atoms. The van der Waals surface area contributed by atoms with E-state index in [9.17, 15) is 13.6 Å². The van der Waals surface area contributed by atoms with Crippen molar-refractivity contribution in [2.75, 3.05) is 48.8 Å². The number of nitrogens with zero attached hydrogens (tertiary/aromatic N) is 5. The minimum atomic E-state index is -1.09. The quantitative estimate of drug-likeness (QED) is 0.656. The Labute approximate surface area is 170 Å². The van der Waals surface area contributed by atoms with E-state index in [-0.39, 0.29) is 17.6 Å². The fourth-order valence-electron chi connectivity index (χ4n) is 2.95. The molecule has 1 aromatic carbocycles. The molecule has 9 nitrogen and oxygen atoms in total. The summed E-state index contributed by atoms with van der Waals surface area (Å²) in [5, 5.41) is 12.3. The lowest BCUT2D eigenvalue weighted by molar-refractivity contribution is 0.0991. The summed E-state index contributed by atoms with van der Waals surface area (Å²) in [6.45, 7) is 3.71. The molecule has 0 spiro atoms. The number of piperazine rings is 1. The van der Waals surface area contributed by atoms with Crippen LogP contribution >= 0.6 is 0 Å². The maximum atomic E-state index is 13.7. The SMILES string of the molecule is CN1CCN(c2ccc(NC(=O)c3nnc(Nc4cccc(F)c4F)o3)cn2)CC1. The normalized spacial score (nSPS) is 14.6. The van der Waals surface area contributed by atoms with Crippen molar-refractivity contribution in [1.82, 2.24) is 20.1 Å². The lowest BCUT2D eigenvalue weighted by Crippen LogP contribution is -2.44. The Morgan fingerprint density at radius 2 is 1.90 bits per heavy atom. The molecule has 1 aliphatic rings. The summed E-state index contributed by atoms with van der Waals surface area (Å²) in [4.78, 5) is 21.1. The first-order valence-corrected chi connectivity index (χ1v) is 9.25. The van der Waals surface area contributed by atoms with Crippen molar-refractivity contribution in [2.45, 2.75) is 0 Å². The zero-order valence-electron chi connectivity index (χ0n) is 16.1. The molecule has 2 aromatic heterocycles. The van der Waals surface area contributed by atoms with Crippen LogP contribution in [0.2, 0.25) is 0 Å². The Morgan fingerprint density at radius 3 is 2.63 bits per heavy atom. The van der Waals surface area contributed by atoms with Gasteiger partial charge in [0, 0.05) is 26.2 Å². The highest BCUT2D eigenvalue weighted by Gasteiger charge is 2.18. The van der Waals surface area contributed by atoms with Gasteiger partial charge in [-0.3, -0.25) is 4.79 Å². The lowest BCUT2D eigenvalue weighted by Gasteiger charge is -2.33. The molecule has 1 aliphatic heterocycles. The Hall–Kier alpha value is -3.60. The van der Waals surface area contributed by atoms with E-state index < -0.39 is 17.5 Å². The summed E-state index contributed by atoms with van der Waals surface area (Å²) in [6.07, 6.45) is 1.54. The maximum absolute atomic E-state index is 13.7. The van der Waals surface area contributed by atoms with Crippen molar-refractivity contribution >= 4 is 29.1 Å². The Morgan fingerprint density at radius 1 is 1.10 bits per heavy atom. The molecule has 3 aromatic rings. The number of halogens is 2. The summed E-state index contributed by atoms with van der Waals surface area (Å²) in [7, 11) is 2.08. The number of likely N-dealkylation sites (N-methyl/N-ethyl adjacent to an activating group) is 1. The average molecular weight is 415 g/mol. The van der Waals surface area contributed by atoms with Gasteiger partial charge in [-0.2, -0.15) is 0 Å². The van der Waals surface area contributed by atoms with Crippen molar-refractivity contribution in [1.29, 1.82) is 0 Å². The highest BCUT2D eigenvalue weighted by atomic mass is 19.2. The predicted octanol–water partition coefficient (Wildman–Crippen LogP) is 2.49. The van der Waals surface area contributed by atoms with Crippen molar-refractivity contribution in [2.24, 2.45) is 0 Å². The van der Waals surface area contributed by atoms with Crippen LogP contribution in [-0.2, 0) is 0 Å². The molecule has 2 N–H and O–H groups in total. The fourth-order valence-corrected chi connectivity index (χ4v) is 2.95. The Balaban J connectivity index is 1.38. The van der Waals surface area contributed by atoms with Crippen molar-refractivity contribution in [3.05, 3.63) is 54.1 Å². The van der Waals surface area contributed by atoms with E-state index in [1.54, 1.807) is 12.3 Å². The first-order valence-electron chi connectivity index (χ1n) is 9.25. The molecule has 1 fully saturated rings. The Bertz CT molecular complexity index is 1030. The number of amides is 1. The number of carbonyl (C=O) groups is 1. The van der Waals surface area contributed by atoms with Crippen LogP contribution in [0, 0.1) is 11.6 Å². The minimum absolute atomic E-state index is 0.186. The third kappa shape index (κ3) is 4.35. The minimum Gasteiger partial charge on any atom is -0.399 e. The van der Waals surface area contributed by atoms with Crippen molar-refractivity contribution in [3.8, 4) is 0 Å². The van der Waals surface area contributed by atoms with E-state index in [2.05, 4.69) is 42.7 Å². The van der Waals surface area contributed by atoms with Crippen LogP contribution < -0.4 is 15.5 Å². The second kappa shape index (κ2) is 8.41. The van der Waals surface area contributed by atoms with Gasteiger partial charge in [-0.05, 0) is 31.3 Å². The molecule has 0 bridgehead atoms. The van der Waals surface area contributed by atoms with Gasteiger partial charge in [0.05, 0.1) is 17.6 Å². The number of anilines is 4. The van der Waals surface area contributed by atoms with Crippen LogP contribution in [0.15, 0.2) is 40.9 Å². The largest absolute Gasteiger partial charge is 0.399 e. The first-order chi connectivity index (χ1) is 14.5. The van der Waals surface area contributed by atoms with Crippen LogP contribution in [-0.4, -0.2) is 59.2 Å². The van der Waals surface area contributed by atoms with E-state index in [1.807, 2.05) is 6.07 Å². The van der Waals surface area contributed by atoms with Gasteiger partial charge < -0.3 is 24.9 Å². The summed E-state index contributed by atoms with van der Waals surface area (Å²) in [5.41, 5.74) is 0.274. The molecule has 4 rings (SSSR count). The number of carbonyl (C=O) groups excluding carboxylic acids is 1. The highest BCUT2D eigenvalue weighted by molar-refractivity contribution is 6.00. The monoisotopic (exact) mass is 415 g/mol. The third-order valence-corrected chi connectivity index (χ3v) is 4.65. The average Bonchev–Trinajstić information content (AvgIpc) is 3.21. The number of aromatic nitrogens is 3. The molecule has 0 atom stereocenters. The van der Waals surface area contributed by atoms with Crippen molar-refractivity contribution < 1.29 is 18.0 Å². The summed E-state index contributed by atoms with van der Waals surface area (Å²) in [6, 6.07) is 6.92. The number of pyridine rings is 1. The van der Waals surface area contributed by atoms with E-state index in [1.165, 1.54) is 12.1 Å². The topological polar surface area (TPSA) is 99.4 Å². The smallest absolute Gasteiger partial charge is 0.320 e. The lowest BCUT2D eigenvalue weighted by atomic mass is 10.3. The second-order valence-electron chi connectivity index (χ2n) is 6.79. The summed E-state index contributed by atoms with van der Waals surface area (Å²) in [5.74, 6) is -2.26. The number of hydrogen-bond donors (Lipinski definition) is 2. The zero-order chi connectivity index (χ0) is 21.1. The number of hydrogen-bond acceptors (Lipinski definition) is 8. The second-order valence-corrected chi connectivity index (χ2v) is 6.79. The maximum Gasteiger partial charge on any atom is 0.320 e. The van der Waals surface area contributed by atoms with Crippen LogP contribution in [0.5, 0.6) is 0 Å². The molecule has 3 heterocycles. The standard InChI is InChI=1S/C19H19F2N7O2/c1-27-7-9-28(10-8-27)15-6-5-12(11-22-15)23-17(29)18-25-26-19(30-18)24-14-4-2-3-13(20)16(14)21/h2-6,11H,7-10H2,1H3,(H,23,29)(H,24,26). The zero-order valence-corrected chi connectivity index (χ0v) is 16.1. The molecule has 1 amide bonds. The predicted molar refractivity (Wildman–Crippen MR) is 106 cm³/mol. The number of benzene rings is 1. The molecule has 0 radical (unpaired) electrons. The van der Waals surface area contributed by atoms with Gasteiger partial charge in [-0.25, -0.2) is 13.8 Å². The van der Waals surface area contributed by atoms with E-state index in [0.29, 0.717) is 5.69 Å². The number of nitrogens with one attached hydrogen (secondary N) is 2. The first kappa shape index (κ1) is 19.7. The molecule has 11 heteroatoms. The van der Waals surface area contributed by atoms with Gasteiger partial charge in [0.25, 0.3) is 0 Å². The van der Waals surface area contributed by atoms with E-state index >= 15 is 0 Å².